The molecule has 76 valence electrons. The summed E-state index contributed by atoms with van der Waals surface area (Å²) in [6.07, 6.45) is 1.39. The lowest BCUT2D eigenvalue weighted by atomic mass is 10.1. The van der Waals surface area contributed by atoms with Crippen LogP contribution in [0.5, 0.6) is 0 Å². The van der Waals surface area contributed by atoms with Gasteiger partial charge in [-0.2, -0.15) is 0 Å². The number of aromatic carboxylic acids is 1. The van der Waals surface area contributed by atoms with Crippen molar-refractivity contribution in [2.45, 2.75) is 6.92 Å². The van der Waals surface area contributed by atoms with Gasteiger partial charge >= 0.3 is 5.97 Å². The number of nitrogens with zero attached hydrogens (tertiary/aromatic N) is 2. The first-order chi connectivity index (χ1) is 7.20. The zero-order valence-corrected chi connectivity index (χ0v) is 8.78. The second-order valence-electron chi connectivity index (χ2n) is 2.97. The molecule has 0 aliphatic carbocycles. The maximum absolute atomic E-state index is 11.1. The summed E-state index contributed by atoms with van der Waals surface area (Å²) in [5.41, 5.74) is 1.16. The number of hydrogen-bond donors (Lipinski definition) is 1. The Labute approximate surface area is 90.3 Å². The molecule has 4 nitrogen and oxygen atoms in total. The van der Waals surface area contributed by atoms with E-state index in [4.69, 9.17) is 5.11 Å². The number of carbonyl (C=O) groups is 1. The van der Waals surface area contributed by atoms with Crippen LogP contribution in [0.1, 0.15) is 16.1 Å². The Morgan fingerprint density at radius 1 is 1.47 bits per heavy atom. The highest BCUT2D eigenvalue weighted by Crippen LogP contribution is 2.26. The quantitative estimate of drug-likeness (QED) is 0.842. The first kappa shape index (κ1) is 9.79. The lowest BCUT2D eigenvalue weighted by Gasteiger charge is -2.04. The van der Waals surface area contributed by atoms with Crippen LogP contribution < -0.4 is 0 Å². The first-order valence-corrected chi connectivity index (χ1v) is 5.17. The molecule has 15 heavy (non-hydrogen) atoms. The predicted molar refractivity (Wildman–Crippen MR) is 57.0 cm³/mol. The van der Waals surface area contributed by atoms with Crippen LogP contribution in [0.3, 0.4) is 0 Å². The van der Waals surface area contributed by atoms with Crippen LogP contribution in [0.2, 0.25) is 0 Å². The van der Waals surface area contributed by atoms with E-state index in [1.165, 1.54) is 17.7 Å². The van der Waals surface area contributed by atoms with Crippen LogP contribution in [0.25, 0.3) is 10.6 Å². The van der Waals surface area contributed by atoms with E-state index in [9.17, 15) is 4.79 Å². The van der Waals surface area contributed by atoms with Crippen LogP contribution >= 0.6 is 11.3 Å². The molecule has 0 aromatic carbocycles. The lowest BCUT2D eigenvalue weighted by molar-refractivity contribution is 0.0696. The summed E-state index contributed by atoms with van der Waals surface area (Å²) in [6.45, 7) is 1.67. The largest absolute Gasteiger partial charge is 0.478 e. The van der Waals surface area contributed by atoms with Gasteiger partial charge in [0.1, 0.15) is 11.9 Å². The molecule has 1 N–H and O–H groups in total. The molecule has 0 atom stereocenters. The van der Waals surface area contributed by atoms with Crippen molar-refractivity contribution in [3.8, 4) is 10.6 Å². The van der Waals surface area contributed by atoms with E-state index in [0.717, 1.165) is 4.88 Å². The van der Waals surface area contributed by atoms with Crippen LogP contribution in [0.4, 0.5) is 0 Å². The fraction of sp³-hybridized carbons (Fsp3) is 0.100. The number of aromatic nitrogens is 2. The minimum absolute atomic E-state index is 0.181. The first-order valence-electron chi connectivity index (χ1n) is 4.29. The molecule has 0 saturated heterocycles. The van der Waals surface area contributed by atoms with Crippen molar-refractivity contribution in [3.63, 3.8) is 0 Å². The highest BCUT2D eigenvalue weighted by Gasteiger charge is 2.17. The fourth-order valence-corrected chi connectivity index (χ4v) is 2.06. The van der Waals surface area contributed by atoms with E-state index in [1.54, 1.807) is 6.92 Å². The zero-order valence-electron chi connectivity index (χ0n) is 7.97. The maximum Gasteiger partial charge on any atom is 0.339 e. The Bertz CT molecular complexity index is 494. The number of carboxylic acids is 1. The number of aryl methyl sites for hydroxylation is 1. The van der Waals surface area contributed by atoms with Crippen LogP contribution in [0, 0.1) is 6.92 Å². The third-order valence-corrected chi connectivity index (χ3v) is 2.88. The van der Waals surface area contributed by atoms with Gasteiger partial charge in [0.15, 0.2) is 0 Å². The number of thiophene rings is 1. The number of rotatable bonds is 2. The molecule has 0 saturated carbocycles. The Hall–Kier alpha value is -1.75. The van der Waals surface area contributed by atoms with Gasteiger partial charge in [-0.1, -0.05) is 6.07 Å². The van der Waals surface area contributed by atoms with Crippen molar-refractivity contribution in [1.82, 2.24) is 9.97 Å². The monoisotopic (exact) mass is 220 g/mol. The Morgan fingerprint density at radius 2 is 2.27 bits per heavy atom. The van der Waals surface area contributed by atoms with Gasteiger partial charge in [0.05, 0.1) is 16.3 Å². The molecule has 2 aromatic heterocycles. The predicted octanol–water partition coefficient (Wildman–Crippen LogP) is 2.21. The maximum atomic E-state index is 11.1. The molecule has 0 unspecified atom stereocenters. The molecule has 0 bridgehead atoms. The molecular weight excluding hydrogens is 212 g/mol. The molecule has 0 aliphatic heterocycles. The van der Waals surface area contributed by atoms with E-state index >= 15 is 0 Å². The topological polar surface area (TPSA) is 63.1 Å². The summed E-state index contributed by atoms with van der Waals surface area (Å²) in [4.78, 5) is 19.8. The van der Waals surface area contributed by atoms with Crippen molar-refractivity contribution in [2.75, 3.05) is 0 Å². The Morgan fingerprint density at radius 3 is 2.87 bits per heavy atom. The van der Waals surface area contributed by atoms with Gasteiger partial charge in [0.25, 0.3) is 0 Å². The Kier molecular flexibility index (Phi) is 2.47. The van der Waals surface area contributed by atoms with E-state index in [2.05, 4.69) is 9.97 Å². The van der Waals surface area contributed by atoms with Crippen LogP contribution in [-0.4, -0.2) is 21.0 Å². The van der Waals surface area contributed by atoms with Gasteiger partial charge in [0, 0.05) is 0 Å². The molecule has 2 aromatic rings. The fourth-order valence-electron chi connectivity index (χ4n) is 1.33. The molecule has 0 spiro atoms. The molecule has 0 radical (unpaired) electrons. The third-order valence-electron chi connectivity index (χ3n) is 2.01. The average molecular weight is 220 g/mol. The summed E-state index contributed by atoms with van der Waals surface area (Å²) in [6, 6.07) is 3.71. The summed E-state index contributed by atoms with van der Waals surface area (Å²) in [7, 11) is 0. The molecule has 2 heterocycles. The normalized spacial score (nSPS) is 10.2. The zero-order chi connectivity index (χ0) is 10.8. The summed E-state index contributed by atoms with van der Waals surface area (Å²) >= 11 is 1.46. The van der Waals surface area contributed by atoms with Gasteiger partial charge in [0.2, 0.25) is 0 Å². The van der Waals surface area contributed by atoms with E-state index < -0.39 is 5.97 Å². The van der Waals surface area contributed by atoms with Gasteiger partial charge < -0.3 is 5.11 Å². The van der Waals surface area contributed by atoms with Crippen molar-refractivity contribution in [2.24, 2.45) is 0 Å². The van der Waals surface area contributed by atoms with Crippen molar-refractivity contribution in [3.05, 3.63) is 35.1 Å². The average Bonchev–Trinajstić information content (AvgIpc) is 2.69. The Balaban J connectivity index is 2.66. The second-order valence-corrected chi connectivity index (χ2v) is 3.91. The van der Waals surface area contributed by atoms with Crippen LogP contribution in [-0.2, 0) is 0 Å². The van der Waals surface area contributed by atoms with Crippen molar-refractivity contribution < 1.29 is 9.90 Å². The van der Waals surface area contributed by atoms with E-state index in [0.29, 0.717) is 11.4 Å². The van der Waals surface area contributed by atoms with Crippen molar-refractivity contribution in [1.29, 1.82) is 0 Å². The summed E-state index contributed by atoms with van der Waals surface area (Å²) in [5.74, 6) is -0.989. The molecule has 2 rings (SSSR count). The third kappa shape index (κ3) is 1.73. The lowest BCUT2D eigenvalue weighted by Crippen LogP contribution is -2.05. The summed E-state index contributed by atoms with van der Waals surface area (Å²) in [5, 5.41) is 11.0. The number of carboxylic acid groups (broad SMARTS) is 1. The minimum Gasteiger partial charge on any atom is -0.478 e. The molecule has 5 heteroatoms. The molecular formula is C10H8N2O2S. The van der Waals surface area contributed by atoms with Gasteiger partial charge in [-0.05, 0) is 18.4 Å². The van der Waals surface area contributed by atoms with Gasteiger partial charge in [-0.15, -0.1) is 11.3 Å². The molecule has 0 aliphatic rings. The second kappa shape index (κ2) is 3.78. The highest BCUT2D eigenvalue weighted by atomic mass is 32.1. The van der Waals surface area contributed by atoms with Crippen LogP contribution in [0.15, 0.2) is 23.8 Å². The van der Waals surface area contributed by atoms with E-state index in [1.807, 2.05) is 17.5 Å². The molecule has 0 amide bonds. The summed E-state index contributed by atoms with van der Waals surface area (Å²) < 4.78 is 0. The van der Waals surface area contributed by atoms with Crippen molar-refractivity contribution >= 4 is 17.3 Å². The SMILES string of the molecule is Cc1ncnc(-c2cccs2)c1C(=O)O. The molecule has 0 fully saturated rings. The minimum atomic E-state index is -0.989. The smallest absolute Gasteiger partial charge is 0.339 e. The highest BCUT2D eigenvalue weighted by molar-refractivity contribution is 7.13. The standard InChI is InChI=1S/C10H8N2O2S/c1-6-8(10(13)14)9(12-5-11-6)7-3-2-4-15-7/h2-5H,1H3,(H,13,14). The van der Waals surface area contributed by atoms with E-state index in [-0.39, 0.29) is 5.56 Å². The number of hydrogen-bond acceptors (Lipinski definition) is 4. The van der Waals surface area contributed by atoms with Gasteiger partial charge in [-0.25, -0.2) is 14.8 Å². The van der Waals surface area contributed by atoms with Gasteiger partial charge in [-0.3, -0.25) is 0 Å².